The highest BCUT2D eigenvalue weighted by molar-refractivity contribution is 7.89. The highest BCUT2D eigenvalue weighted by Crippen LogP contribution is 2.21. The van der Waals surface area contributed by atoms with E-state index < -0.39 is 21.1 Å². The molecule has 0 N–H and O–H groups in total. The molecule has 20 heavy (non-hydrogen) atoms. The molecule has 1 aromatic rings. The van der Waals surface area contributed by atoms with Crippen LogP contribution in [0.2, 0.25) is 0 Å². The molecule has 0 aliphatic carbocycles. The Hall–Kier alpha value is -2.02. The maximum absolute atomic E-state index is 12.3. The van der Waals surface area contributed by atoms with Gasteiger partial charge in [-0.05, 0) is 12.1 Å². The summed E-state index contributed by atoms with van der Waals surface area (Å²) in [4.78, 5) is 9.90. The first-order valence-corrected chi connectivity index (χ1v) is 7.15. The van der Waals surface area contributed by atoms with Crippen LogP contribution in [-0.2, 0) is 14.8 Å². The van der Waals surface area contributed by atoms with Crippen molar-refractivity contribution in [1.82, 2.24) is 4.31 Å². The van der Waals surface area contributed by atoms with Gasteiger partial charge in [-0.3, -0.25) is 10.1 Å². The van der Waals surface area contributed by atoms with Crippen LogP contribution in [0, 0.1) is 21.4 Å². The van der Waals surface area contributed by atoms with E-state index >= 15 is 0 Å². The van der Waals surface area contributed by atoms with Crippen molar-refractivity contribution in [3.63, 3.8) is 0 Å². The number of rotatable bonds is 3. The molecule has 0 saturated carbocycles. The van der Waals surface area contributed by atoms with Crippen LogP contribution in [0.3, 0.4) is 0 Å². The number of nitrogens with zero attached hydrogens (tertiary/aromatic N) is 3. The van der Waals surface area contributed by atoms with Crippen LogP contribution in [0.25, 0.3) is 0 Å². The monoisotopic (exact) mass is 297 g/mol. The van der Waals surface area contributed by atoms with Crippen LogP contribution in [-0.4, -0.2) is 43.4 Å². The summed E-state index contributed by atoms with van der Waals surface area (Å²) in [5.41, 5.74) is -0.180. The molecule has 2 rings (SSSR count). The van der Waals surface area contributed by atoms with Crippen molar-refractivity contribution >= 4 is 15.7 Å². The summed E-state index contributed by atoms with van der Waals surface area (Å²) in [6.45, 7) is 0.248. The molecule has 1 unspecified atom stereocenters. The first-order chi connectivity index (χ1) is 9.45. The minimum Gasteiger partial charge on any atom is -0.361 e. The molecule has 106 valence electrons. The summed E-state index contributed by atoms with van der Waals surface area (Å²) in [5, 5.41) is 19.3. The van der Waals surface area contributed by atoms with Gasteiger partial charge in [0, 0.05) is 18.7 Å². The Bertz CT molecular complexity index is 650. The number of ether oxygens (including phenoxy) is 1. The first-order valence-electron chi connectivity index (χ1n) is 5.71. The number of benzene rings is 1. The van der Waals surface area contributed by atoms with Gasteiger partial charge in [0.1, 0.15) is 0 Å². The van der Waals surface area contributed by atoms with Crippen molar-refractivity contribution in [2.75, 3.05) is 19.7 Å². The Morgan fingerprint density at radius 1 is 1.40 bits per heavy atom. The van der Waals surface area contributed by atoms with Gasteiger partial charge in [-0.15, -0.1) is 0 Å². The number of nitriles is 1. The molecular weight excluding hydrogens is 286 g/mol. The lowest BCUT2D eigenvalue weighted by atomic mass is 10.3. The molecule has 0 aromatic heterocycles. The van der Waals surface area contributed by atoms with Gasteiger partial charge in [-0.2, -0.15) is 9.57 Å². The first kappa shape index (κ1) is 14.4. The summed E-state index contributed by atoms with van der Waals surface area (Å²) in [7, 11) is -3.77. The predicted octanol–water partition coefficient (Wildman–Crippen LogP) is 0.508. The molecular formula is C11H11N3O5S. The van der Waals surface area contributed by atoms with Gasteiger partial charge in [0.25, 0.3) is 5.69 Å². The lowest BCUT2D eigenvalue weighted by molar-refractivity contribution is -0.384. The van der Waals surface area contributed by atoms with Crippen LogP contribution in [0.5, 0.6) is 0 Å². The number of hydrogen-bond donors (Lipinski definition) is 0. The Morgan fingerprint density at radius 2 is 2.05 bits per heavy atom. The highest BCUT2D eigenvalue weighted by Gasteiger charge is 2.30. The SMILES string of the molecule is N#CC1CN(S(=O)(=O)c2ccc([N+](=O)[O-])cc2)CCO1. The van der Waals surface area contributed by atoms with Crippen molar-refractivity contribution in [3.8, 4) is 6.07 Å². The van der Waals surface area contributed by atoms with E-state index in [0.29, 0.717) is 0 Å². The van der Waals surface area contributed by atoms with Gasteiger partial charge in [0.15, 0.2) is 6.10 Å². The summed E-state index contributed by atoms with van der Waals surface area (Å²) in [5.74, 6) is 0. The maximum atomic E-state index is 12.3. The third kappa shape index (κ3) is 2.77. The minimum absolute atomic E-state index is 0.0401. The van der Waals surface area contributed by atoms with Crippen molar-refractivity contribution in [3.05, 3.63) is 34.4 Å². The molecule has 1 saturated heterocycles. The smallest absolute Gasteiger partial charge is 0.269 e. The summed E-state index contributed by atoms with van der Waals surface area (Å²) < 4.78 is 30.9. The molecule has 0 radical (unpaired) electrons. The predicted molar refractivity (Wildman–Crippen MR) is 67.2 cm³/mol. The Kier molecular flexibility index (Phi) is 3.99. The summed E-state index contributed by atoms with van der Waals surface area (Å²) >= 11 is 0. The average Bonchev–Trinajstić information content (AvgIpc) is 2.47. The van der Waals surface area contributed by atoms with Gasteiger partial charge in [0.2, 0.25) is 10.0 Å². The summed E-state index contributed by atoms with van der Waals surface area (Å²) in [6.07, 6.45) is -0.795. The standard InChI is InChI=1S/C11H11N3O5S/c12-7-10-8-13(5-6-19-10)20(17,18)11-3-1-9(2-4-11)14(15)16/h1-4,10H,5-6,8H2. The molecule has 1 aromatic carbocycles. The van der Waals surface area contributed by atoms with E-state index in [9.17, 15) is 18.5 Å². The van der Waals surface area contributed by atoms with Crippen LogP contribution in [0.15, 0.2) is 29.2 Å². The molecule has 9 heteroatoms. The van der Waals surface area contributed by atoms with Gasteiger partial charge >= 0.3 is 0 Å². The Labute approximate surface area is 115 Å². The number of non-ortho nitro benzene ring substituents is 1. The fourth-order valence-corrected chi connectivity index (χ4v) is 3.24. The number of sulfonamides is 1. The zero-order valence-corrected chi connectivity index (χ0v) is 11.1. The fraction of sp³-hybridized carbons (Fsp3) is 0.364. The average molecular weight is 297 g/mol. The molecule has 1 aliphatic rings. The van der Waals surface area contributed by atoms with E-state index in [1.54, 1.807) is 0 Å². The lowest BCUT2D eigenvalue weighted by Crippen LogP contribution is -2.44. The number of nitro benzene ring substituents is 1. The topological polar surface area (TPSA) is 114 Å². The van der Waals surface area contributed by atoms with Gasteiger partial charge < -0.3 is 4.74 Å². The summed E-state index contributed by atoms with van der Waals surface area (Å²) in [6, 6.07) is 6.50. The van der Waals surface area contributed by atoms with E-state index in [0.717, 1.165) is 16.4 Å². The van der Waals surface area contributed by atoms with Crippen molar-refractivity contribution in [1.29, 1.82) is 5.26 Å². The highest BCUT2D eigenvalue weighted by atomic mass is 32.2. The molecule has 1 heterocycles. The van der Waals surface area contributed by atoms with Gasteiger partial charge in [-0.1, -0.05) is 0 Å². The zero-order valence-electron chi connectivity index (χ0n) is 10.3. The van der Waals surface area contributed by atoms with E-state index in [1.165, 1.54) is 12.1 Å². The van der Waals surface area contributed by atoms with Gasteiger partial charge in [0.05, 0.1) is 29.0 Å². The van der Waals surface area contributed by atoms with Crippen LogP contribution < -0.4 is 0 Å². The molecule has 1 atom stereocenters. The quantitative estimate of drug-likeness (QED) is 0.593. The number of morpholine rings is 1. The van der Waals surface area contributed by atoms with Crippen LogP contribution >= 0.6 is 0 Å². The minimum atomic E-state index is -3.77. The van der Waals surface area contributed by atoms with Crippen molar-refractivity contribution < 1.29 is 18.1 Å². The number of hydrogen-bond acceptors (Lipinski definition) is 6. The second-order valence-corrected chi connectivity index (χ2v) is 6.04. The fourth-order valence-electron chi connectivity index (χ4n) is 1.81. The van der Waals surface area contributed by atoms with E-state index in [4.69, 9.17) is 10.00 Å². The van der Waals surface area contributed by atoms with E-state index in [1.807, 2.05) is 6.07 Å². The lowest BCUT2D eigenvalue weighted by Gasteiger charge is -2.28. The maximum Gasteiger partial charge on any atom is 0.269 e. The Morgan fingerprint density at radius 3 is 2.60 bits per heavy atom. The molecule has 1 fully saturated rings. The molecule has 0 amide bonds. The number of nitro groups is 1. The van der Waals surface area contributed by atoms with E-state index in [2.05, 4.69) is 0 Å². The van der Waals surface area contributed by atoms with Gasteiger partial charge in [-0.25, -0.2) is 8.42 Å². The van der Waals surface area contributed by atoms with Crippen LogP contribution in [0.4, 0.5) is 5.69 Å². The molecule has 0 spiro atoms. The molecule has 8 nitrogen and oxygen atoms in total. The molecule has 0 bridgehead atoms. The van der Waals surface area contributed by atoms with Crippen LogP contribution in [0.1, 0.15) is 0 Å². The third-order valence-corrected chi connectivity index (χ3v) is 4.74. The van der Waals surface area contributed by atoms with E-state index in [-0.39, 0.29) is 30.3 Å². The molecule has 1 aliphatic heterocycles. The third-order valence-electron chi connectivity index (χ3n) is 2.86. The Balaban J connectivity index is 2.26. The zero-order chi connectivity index (χ0) is 14.8. The van der Waals surface area contributed by atoms with Crippen molar-refractivity contribution in [2.45, 2.75) is 11.0 Å². The largest absolute Gasteiger partial charge is 0.361 e. The van der Waals surface area contributed by atoms with Crippen molar-refractivity contribution in [2.24, 2.45) is 0 Å². The second-order valence-electron chi connectivity index (χ2n) is 4.10. The normalized spacial score (nSPS) is 20.2. The second kappa shape index (κ2) is 5.54.